The van der Waals surface area contributed by atoms with Gasteiger partial charge in [-0.1, -0.05) is 48.9 Å². The molecule has 0 bridgehead atoms. The fourth-order valence-electron chi connectivity index (χ4n) is 2.30. The van der Waals surface area contributed by atoms with Gasteiger partial charge in [-0.2, -0.15) is 0 Å². The first-order valence-corrected chi connectivity index (χ1v) is 8.99. The summed E-state index contributed by atoms with van der Waals surface area (Å²) in [6.07, 6.45) is 1.16. The second-order valence-corrected chi connectivity index (χ2v) is 6.19. The molecule has 138 valence electrons. The first kappa shape index (κ1) is 19.8. The minimum Gasteiger partial charge on any atom is -0.449 e. The molecule has 6 heteroatoms. The molecular weight excluding hydrogens is 352 g/mol. The fourth-order valence-corrected chi connectivity index (χ4v) is 2.50. The maximum Gasteiger partial charge on any atom is 0.411 e. The topological polar surface area (TPSA) is 67.4 Å². The molecule has 0 aliphatic heterocycles. The number of hydrogen-bond acceptors (Lipinski definition) is 3. The number of aryl methyl sites for hydroxylation is 1. The van der Waals surface area contributed by atoms with Crippen molar-refractivity contribution in [3.05, 3.63) is 64.7 Å². The van der Waals surface area contributed by atoms with Crippen molar-refractivity contribution in [1.82, 2.24) is 5.32 Å². The molecule has 2 aromatic rings. The van der Waals surface area contributed by atoms with E-state index >= 15 is 0 Å². The van der Waals surface area contributed by atoms with Crippen LogP contribution in [-0.4, -0.2) is 18.6 Å². The molecule has 5 nitrogen and oxygen atoms in total. The number of halogens is 1. The Morgan fingerprint density at radius 1 is 1.08 bits per heavy atom. The van der Waals surface area contributed by atoms with Crippen LogP contribution >= 0.6 is 11.6 Å². The lowest BCUT2D eigenvalue weighted by Gasteiger charge is -2.08. The molecular formula is C20H23ClN2O3. The van der Waals surface area contributed by atoms with Crippen molar-refractivity contribution >= 4 is 29.3 Å². The third kappa shape index (κ3) is 6.76. The molecule has 2 amide bonds. The Bertz CT molecular complexity index is 732. The Morgan fingerprint density at radius 3 is 2.50 bits per heavy atom. The molecule has 0 fully saturated rings. The summed E-state index contributed by atoms with van der Waals surface area (Å²) in [4.78, 5) is 23.5. The van der Waals surface area contributed by atoms with E-state index in [1.165, 1.54) is 5.56 Å². The van der Waals surface area contributed by atoms with Crippen LogP contribution in [0.3, 0.4) is 0 Å². The maximum absolute atomic E-state index is 11.8. The van der Waals surface area contributed by atoms with Crippen molar-refractivity contribution < 1.29 is 14.3 Å². The van der Waals surface area contributed by atoms with Gasteiger partial charge >= 0.3 is 6.09 Å². The number of rotatable bonds is 8. The predicted octanol–water partition coefficient (Wildman–Crippen LogP) is 4.55. The minimum atomic E-state index is -0.522. The molecule has 2 rings (SSSR count). The standard InChI is InChI=1S/C20H23ClN2O3/c1-2-15-9-11-17(12-10-15)23-20(25)26-13-5-8-19(24)22-14-16-6-3-4-7-18(16)21/h3-4,6-7,9-12H,2,5,8,13-14H2,1H3,(H,22,24)(H,23,25). The summed E-state index contributed by atoms with van der Waals surface area (Å²) < 4.78 is 5.08. The number of anilines is 1. The van der Waals surface area contributed by atoms with Crippen LogP contribution in [0.5, 0.6) is 0 Å². The zero-order valence-electron chi connectivity index (χ0n) is 14.8. The van der Waals surface area contributed by atoms with Crippen LogP contribution in [0.2, 0.25) is 5.02 Å². The van der Waals surface area contributed by atoms with Gasteiger partial charge in [0, 0.05) is 23.7 Å². The smallest absolute Gasteiger partial charge is 0.411 e. The van der Waals surface area contributed by atoms with Gasteiger partial charge in [-0.05, 0) is 42.2 Å². The molecule has 0 unspecified atom stereocenters. The highest BCUT2D eigenvalue weighted by Gasteiger charge is 2.06. The summed E-state index contributed by atoms with van der Waals surface area (Å²) in [5, 5.41) is 6.08. The SMILES string of the molecule is CCc1ccc(NC(=O)OCCCC(=O)NCc2ccccc2Cl)cc1. The molecule has 0 saturated heterocycles. The van der Waals surface area contributed by atoms with E-state index in [0.29, 0.717) is 23.7 Å². The highest BCUT2D eigenvalue weighted by atomic mass is 35.5. The normalized spacial score (nSPS) is 10.2. The van der Waals surface area contributed by atoms with Crippen LogP contribution in [0.1, 0.15) is 30.9 Å². The van der Waals surface area contributed by atoms with Crippen LogP contribution in [0.15, 0.2) is 48.5 Å². The number of amides is 2. The molecule has 0 atom stereocenters. The molecule has 0 radical (unpaired) electrons. The van der Waals surface area contributed by atoms with Crippen LogP contribution in [-0.2, 0) is 22.5 Å². The molecule has 0 aromatic heterocycles. The summed E-state index contributed by atoms with van der Waals surface area (Å²) in [6.45, 7) is 2.63. The molecule has 0 spiro atoms. The Hall–Kier alpha value is -2.53. The second kappa shape index (κ2) is 10.5. The lowest BCUT2D eigenvalue weighted by molar-refractivity contribution is -0.121. The number of carbonyl (C=O) groups is 2. The largest absolute Gasteiger partial charge is 0.449 e. The van der Waals surface area contributed by atoms with Gasteiger partial charge in [-0.15, -0.1) is 0 Å². The number of carbonyl (C=O) groups excluding carboxylic acids is 2. The zero-order valence-corrected chi connectivity index (χ0v) is 15.5. The Balaban J connectivity index is 1.60. The Kier molecular flexibility index (Phi) is 7.96. The maximum atomic E-state index is 11.8. The highest BCUT2D eigenvalue weighted by molar-refractivity contribution is 6.31. The average Bonchev–Trinajstić information content (AvgIpc) is 2.65. The van der Waals surface area contributed by atoms with Gasteiger partial charge in [0.05, 0.1) is 6.61 Å². The fraction of sp³-hybridized carbons (Fsp3) is 0.300. The van der Waals surface area contributed by atoms with Gasteiger partial charge in [-0.3, -0.25) is 10.1 Å². The van der Waals surface area contributed by atoms with E-state index < -0.39 is 6.09 Å². The summed E-state index contributed by atoms with van der Waals surface area (Å²) in [7, 11) is 0. The highest BCUT2D eigenvalue weighted by Crippen LogP contribution is 2.14. The molecule has 0 aliphatic carbocycles. The van der Waals surface area contributed by atoms with Crippen LogP contribution in [0.25, 0.3) is 0 Å². The summed E-state index contributed by atoms with van der Waals surface area (Å²) in [6, 6.07) is 14.9. The molecule has 0 heterocycles. The summed E-state index contributed by atoms with van der Waals surface area (Å²) in [5.41, 5.74) is 2.75. The van der Waals surface area contributed by atoms with E-state index in [2.05, 4.69) is 17.6 Å². The summed E-state index contributed by atoms with van der Waals surface area (Å²) >= 11 is 6.04. The van der Waals surface area contributed by atoms with Crippen molar-refractivity contribution in [2.45, 2.75) is 32.7 Å². The lowest BCUT2D eigenvalue weighted by atomic mass is 10.1. The number of benzene rings is 2. The number of ether oxygens (including phenoxy) is 1. The van der Waals surface area contributed by atoms with E-state index in [-0.39, 0.29) is 18.9 Å². The van der Waals surface area contributed by atoms with Crippen LogP contribution < -0.4 is 10.6 Å². The molecule has 2 aromatic carbocycles. The van der Waals surface area contributed by atoms with Crippen molar-refractivity contribution in [2.24, 2.45) is 0 Å². The van der Waals surface area contributed by atoms with E-state index in [0.717, 1.165) is 12.0 Å². The minimum absolute atomic E-state index is 0.107. The van der Waals surface area contributed by atoms with Crippen molar-refractivity contribution in [2.75, 3.05) is 11.9 Å². The lowest BCUT2D eigenvalue weighted by Crippen LogP contribution is -2.23. The molecule has 2 N–H and O–H groups in total. The van der Waals surface area contributed by atoms with Gasteiger partial charge < -0.3 is 10.1 Å². The van der Waals surface area contributed by atoms with Crippen molar-refractivity contribution in [3.63, 3.8) is 0 Å². The molecule has 26 heavy (non-hydrogen) atoms. The van der Waals surface area contributed by atoms with Gasteiger partial charge in [0.15, 0.2) is 0 Å². The van der Waals surface area contributed by atoms with Crippen molar-refractivity contribution in [1.29, 1.82) is 0 Å². The van der Waals surface area contributed by atoms with Gasteiger partial charge in [0.2, 0.25) is 5.91 Å². The Labute approximate surface area is 158 Å². The van der Waals surface area contributed by atoms with E-state index in [1.807, 2.05) is 42.5 Å². The predicted molar refractivity (Wildman–Crippen MR) is 103 cm³/mol. The molecule has 0 saturated carbocycles. The monoisotopic (exact) mass is 374 g/mol. The van der Waals surface area contributed by atoms with Crippen molar-refractivity contribution in [3.8, 4) is 0 Å². The van der Waals surface area contributed by atoms with Gasteiger partial charge in [0.25, 0.3) is 0 Å². The first-order chi connectivity index (χ1) is 12.6. The number of nitrogens with one attached hydrogen (secondary N) is 2. The van der Waals surface area contributed by atoms with Gasteiger partial charge in [-0.25, -0.2) is 4.79 Å². The first-order valence-electron chi connectivity index (χ1n) is 8.61. The zero-order chi connectivity index (χ0) is 18.8. The van der Waals surface area contributed by atoms with E-state index in [4.69, 9.17) is 16.3 Å². The third-order valence-electron chi connectivity index (χ3n) is 3.82. The van der Waals surface area contributed by atoms with Crippen LogP contribution in [0, 0.1) is 0 Å². The molecule has 0 aliphatic rings. The Morgan fingerprint density at radius 2 is 1.81 bits per heavy atom. The van der Waals surface area contributed by atoms with E-state index in [9.17, 15) is 9.59 Å². The van der Waals surface area contributed by atoms with Crippen LogP contribution in [0.4, 0.5) is 10.5 Å². The quantitative estimate of drug-likeness (QED) is 0.666. The van der Waals surface area contributed by atoms with E-state index in [1.54, 1.807) is 6.07 Å². The number of hydrogen-bond donors (Lipinski definition) is 2. The second-order valence-electron chi connectivity index (χ2n) is 5.78. The third-order valence-corrected chi connectivity index (χ3v) is 4.19. The van der Waals surface area contributed by atoms with Gasteiger partial charge in [0.1, 0.15) is 0 Å². The summed E-state index contributed by atoms with van der Waals surface area (Å²) in [5.74, 6) is -0.107. The average molecular weight is 375 g/mol.